The molecule has 0 rings (SSSR count). The second-order valence-electron chi connectivity index (χ2n) is 22.2. The molecule has 0 saturated heterocycles. The van der Waals surface area contributed by atoms with Gasteiger partial charge in [0, 0.05) is 0 Å². The van der Waals surface area contributed by atoms with Crippen LogP contribution in [-0.4, -0.2) is 52.4 Å². The molecule has 73 heavy (non-hydrogen) atoms. The van der Waals surface area contributed by atoms with Crippen molar-refractivity contribution in [2.75, 3.05) is 52.4 Å². The number of unbranched alkanes of at least 4 members (excludes halogenated alkanes) is 44. The zero-order chi connectivity index (χ0) is 53.3. The Morgan fingerprint density at radius 3 is 0.342 bits per heavy atom. The predicted molar refractivity (Wildman–Crippen MR) is 338 cm³/mol. The van der Waals surface area contributed by atoms with Gasteiger partial charge in [-0.15, -0.1) is 52.4 Å². The molecule has 0 unspecified atom stereocenters. The van der Waals surface area contributed by atoms with Gasteiger partial charge in [0.25, 0.3) is 0 Å². The zero-order valence-electron chi connectivity index (χ0n) is 52.7. The van der Waals surface area contributed by atoms with E-state index in [4.69, 9.17) is 5.32 Å². The van der Waals surface area contributed by atoms with Gasteiger partial charge in [-0.1, -0.05) is 389 Å². The van der Waals surface area contributed by atoms with E-state index < -0.39 is 0 Å². The standard InChI is InChI=1S/C36H74N.C16H34N.2C8H18N.Ti/c1-3-5-7-9-11-13-15-17-19-21-23-25-27-29-31-33-35-37-36-34-32-30-28-26-24-22-20-18-16-14-12-10-8-6-4-2;1-3-5-7-9-11-13-15-17-16-14-12-10-8-6-4-2;2*1-3-5-7-9-8-6-4-2;/h3-36H2,1-2H3;3-16H2,1-2H3;2*3-8H2,1-2H3;/q4*-1;+4. The Labute approximate surface area is 481 Å². The Morgan fingerprint density at radius 1 is 0.123 bits per heavy atom. The second kappa shape index (κ2) is 89.1. The largest absolute Gasteiger partial charge is 4.00 e. The molecule has 4 nitrogen and oxygen atoms in total. The van der Waals surface area contributed by atoms with Gasteiger partial charge < -0.3 is 21.3 Å². The summed E-state index contributed by atoms with van der Waals surface area (Å²) in [5.41, 5.74) is 0. The van der Waals surface area contributed by atoms with Crippen LogP contribution in [0.2, 0.25) is 0 Å². The van der Waals surface area contributed by atoms with Gasteiger partial charge in [0.05, 0.1) is 0 Å². The number of hydrogen-bond donors (Lipinski definition) is 0. The molecule has 440 valence electrons. The van der Waals surface area contributed by atoms with Crippen LogP contribution in [0.4, 0.5) is 0 Å². The smallest absolute Gasteiger partial charge is 0.662 e. The molecule has 0 saturated carbocycles. The van der Waals surface area contributed by atoms with Crippen LogP contribution < -0.4 is 0 Å². The van der Waals surface area contributed by atoms with Crippen molar-refractivity contribution in [2.24, 2.45) is 0 Å². The van der Waals surface area contributed by atoms with Crippen molar-refractivity contribution >= 4 is 0 Å². The van der Waals surface area contributed by atoms with E-state index in [9.17, 15) is 0 Å². The van der Waals surface area contributed by atoms with Crippen molar-refractivity contribution in [3.63, 3.8) is 0 Å². The third-order valence-electron chi connectivity index (χ3n) is 14.4. The molecule has 0 aromatic carbocycles. The van der Waals surface area contributed by atoms with Crippen LogP contribution >= 0.6 is 0 Å². The van der Waals surface area contributed by atoms with E-state index in [0.29, 0.717) is 0 Å². The Hall–Kier alpha value is 0.554. The average molecular weight is 1070 g/mol. The topological polar surface area (TPSA) is 56.4 Å². The van der Waals surface area contributed by atoms with E-state index in [1.807, 2.05) is 0 Å². The Morgan fingerprint density at radius 2 is 0.219 bits per heavy atom. The van der Waals surface area contributed by atoms with E-state index in [1.54, 1.807) is 0 Å². The van der Waals surface area contributed by atoms with Gasteiger partial charge >= 0.3 is 21.7 Å². The van der Waals surface area contributed by atoms with Gasteiger partial charge in [0.2, 0.25) is 0 Å². The molecule has 0 aromatic heterocycles. The van der Waals surface area contributed by atoms with Crippen LogP contribution in [0.3, 0.4) is 0 Å². The summed E-state index contributed by atoms with van der Waals surface area (Å²) in [6, 6.07) is 0. The minimum atomic E-state index is 0. The number of hydrogen-bond acceptors (Lipinski definition) is 0. The fraction of sp³-hybridized carbons (Fsp3) is 1.00. The molecule has 0 aliphatic rings. The van der Waals surface area contributed by atoms with E-state index in [0.717, 1.165) is 52.4 Å². The van der Waals surface area contributed by atoms with Crippen LogP contribution in [-0.2, 0) is 21.7 Å². The van der Waals surface area contributed by atoms with Crippen molar-refractivity contribution < 1.29 is 21.7 Å². The molecule has 0 heterocycles. The van der Waals surface area contributed by atoms with Crippen LogP contribution in [0.1, 0.15) is 389 Å². The van der Waals surface area contributed by atoms with E-state index in [2.05, 4.69) is 71.3 Å². The van der Waals surface area contributed by atoms with E-state index in [-0.39, 0.29) is 21.7 Å². The van der Waals surface area contributed by atoms with Gasteiger partial charge in [-0.25, -0.2) is 0 Å². The predicted octanol–water partition coefficient (Wildman–Crippen LogP) is 25.9. The van der Waals surface area contributed by atoms with Crippen LogP contribution in [0, 0.1) is 0 Å². The normalized spacial score (nSPS) is 10.8. The van der Waals surface area contributed by atoms with E-state index in [1.165, 1.54) is 334 Å². The molecule has 0 aromatic rings. The molecule has 0 amide bonds. The third kappa shape index (κ3) is 98.5. The molecule has 0 atom stereocenters. The van der Waals surface area contributed by atoms with Gasteiger partial charge in [-0.05, 0) is 0 Å². The van der Waals surface area contributed by atoms with Crippen molar-refractivity contribution in [2.45, 2.75) is 389 Å². The molecule has 0 bridgehead atoms. The summed E-state index contributed by atoms with van der Waals surface area (Å²) in [4.78, 5) is 0. The average Bonchev–Trinajstić information content (AvgIpc) is 3.39. The summed E-state index contributed by atoms with van der Waals surface area (Å²) in [5.74, 6) is 0. The van der Waals surface area contributed by atoms with Crippen molar-refractivity contribution in [3.8, 4) is 0 Å². The number of nitrogens with zero attached hydrogens (tertiary/aromatic N) is 4. The summed E-state index contributed by atoms with van der Waals surface area (Å²) >= 11 is 0. The number of rotatable bonds is 60. The van der Waals surface area contributed by atoms with Crippen LogP contribution in [0.15, 0.2) is 0 Å². The monoisotopic (exact) mass is 1070 g/mol. The van der Waals surface area contributed by atoms with Gasteiger partial charge in [-0.2, -0.15) is 0 Å². The second-order valence-corrected chi connectivity index (χ2v) is 22.2. The van der Waals surface area contributed by atoms with Gasteiger partial charge in [-0.3, -0.25) is 0 Å². The first kappa shape index (κ1) is 82.4. The Bertz CT molecular complexity index is 724. The van der Waals surface area contributed by atoms with Crippen molar-refractivity contribution in [3.05, 3.63) is 21.3 Å². The van der Waals surface area contributed by atoms with Gasteiger partial charge in [0.1, 0.15) is 0 Å². The summed E-state index contributed by atoms with van der Waals surface area (Å²) in [6.45, 7) is 26.8. The van der Waals surface area contributed by atoms with Crippen LogP contribution in [0.25, 0.3) is 21.3 Å². The molecule has 0 radical (unpaired) electrons. The molecule has 5 heteroatoms. The van der Waals surface area contributed by atoms with Gasteiger partial charge in [0.15, 0.2) is 0 Å². The summed E-state index contributed by atoms with van der Waals surface area (Å²) in [7, 11) is 0. The summed E-state index contributed by atoms with van der Waals surface area (Å²) < 4.78 is 0. The zero-order valence-corrected chi connectivity index (χ0v) is 54.3. The van der Waals surface area contributed by atoms with Crippen molar-refractivity contribution in [1.82, 2.24) is 0 Å². The van der Waals surface area contributed by atoms with Crippen molar-refractivity contribution in [1.29, 1.82) is 0 Å². The fourth-order valence-electron chi connectivity index (χ4n) is 9.08. The first-order chi connectivity index (χ1) is 35.7. The van der Waals surface area contributed by atoms with E-state index >= 15 is 0 Å². The maximum absolute atomic E-state index is 4.78. The molecule has 0 aliphatic carbocycles. The molecular formula is C68H144N4Ti. The molecule has 0 aliphatic heterocycles. The maximum Gasteiger partial charge on any atom is 4.00 e. The summed E-state index contributed by atoms with van der Waals surface area (Å²) in [5, 5.41) is 18.1. The molecule has 0 spiro atoms. The Kier molecular flexibility index (Phi) is 101. The maximum atomic E-state index is 4.78. The fourth-order valence-corrected chi connectivity index (χ4v) is 9.08. The minimum absolute atomic E-state index is 0. The Balaban J connectivity index is -0.000000348. The first-order valence-corrected chi connectivity index (χ1v) is 34.2. The molecular weight excluding hydrogens is 921 g/mol. The SMILES string of the molecule is CCCCCCCCCCCCCCCCCC[N-]CCCCCCCCCCCCCCCCCC.CCCCCCCC[N-]CCCCCCCC.CCCC[N-]CCCC.CCCC[N-]CCCC.[Ti+4]. The molecule has 0 fully saturated rings. The molecule has 0 N–H and O–H groups in total. The third-order valence-corrected chi connectivity index (χ3v) is 14.4. The minimum Gasteiger partial charge on any atom is -0.662 e. The summed E-state index contributed by atoms with van der Waals surface area (Å²) in [6.07, 6.45) is 73.2. The van der Waals surface area contributed by atoms with Crippen LogP contribution in [0.5, 0.6) is 0 Å². The quantitative estimate of drug-likeness (QED) is 0.0431. The first-order valence-electron chi connectivity index (χ1n) is 34.2.